The van der Waals surface area contributed by atoms with Crippen LogP contribution in [0.1, 0.15) is 6.42 Å². The van der Waals surface area contributed by atoms with Crippen LogP contribution in [0.3, 0.4) is 0 Å². The average Bonchev–Trinajstić information content (AvgIpc) is 2.82. The van der Waals surface area contributed by atoms with Crippen LogP contribution in [0.25, 0.3) is 0 Å². The number of rotatable bonds is 7. The minimum Gasteiger partial charge on any atom is -0.489 e. The van der Waals surface area contributed by atoms with Gasteiger partial charge in [-0.05, 0) is 25.1 Å². The van der Waals surface area contributed by atoms with Crippen LogP contribution in [0.5, 0.6) is 5.75 Å². The summed E-state index contributed by atoms with van der Waals surface area (Å²) < 4.78 is 45.2. The summed E-state index contributed by atoms with van der Waals surface area (Å²) in [7, 11) is -0.0923. The van der Waals surface area contributed by atoms with Gasteiger partial charge in [0.05, 0.1) is 12.3 Å². The molecule has 1 fully saturated rings. The van der Waals surface area contributed by atoms with Crippen molar-refractivity contribution >= 4 is 15.9 Å². The third kappa shape index (κ3) is 5.93. The second-order valence-corrected chi connectivity index (χ2v) is 8.50. The lowest BCUT2D eigenvalue weighted by Crippen LogP contribution is -2.40. The Kier molecular flexibility index (Phi) is 7.36. The Morgan fingerprint density at radius 3 is 2.62 bits per heavy atom. The molecule has 1 aliphatic rings. The number of carbonyl (C=O) groups is 1. The molecule has 0 unspecified atom stereocenters. The Balaban J connectivity index is 1.85. The first kappa shape index (κ1) is 20.6. The van der Waals surface area contributed by atoms with Crippen molar-refractivity contribution in [3.8, 4) is 5.75 Å². The number of benzene rings is 1. The summed E-state index contributed by atoms with van der Waals surface area (Å²) in [4.78, 5) is 15.3. The van der Waals surface area contributed by atoms with Crippen LogP contribution in [-0.4, -0.2) is 87.6 Å². The van der Waals surface area contributed by atoms with E-state index in [1.54, 1.807) is 26.2 Å². The highest BCUT2D eigenvalue weighted by atomic mass is 32.2. The number of hydrogen-bond acceptors (Lipinski definition) is 5. The predicted molar refractivity (Wildman–Crippen MR) is 97.0 cm³/mol. The lowest BCUT2D eigenvalue weighted by molar-refractivity contribution is -0.129. The van der Waals surface area contributed by atoms with Gasteiger partial charge < -0.3 is 9.64 Å². The fraction of sp³-hybridized carbons (Fsp3) is 0.588. The van der Waals surface area contributed by atoms with Crippen LogP contribution in [0.15, 0.2) is 24.3 Å². The minimum atomic E-state index is -3.49. The van der Waals surface area contributed by atoms with Gasteiger partial charge in [-0.2, -0.15) is 0 Å². The van der Waals surface area contributed by atoms with Gasteiger partial charge in [0.15, 0.2) is 11.6 Å². The van der Waals surface area contributed by atoms with Crippen molar-refractivity contribution in [3.63, 3.8) is 0 Å². The van der Waals surface area contributed by atoms with E-state index >= 15 is 0 Å². The zero-order valence-corrected chi connectivity index (χ0v) is 16.0. The minimum absolute atomic E-state index is 0.000375. The molecule has 0 saturated carbocycles. The Morgan fingerprint density at radius 2 is 1.92 bits per heavy atom. The van der Waals surface area contributed by atoms with Crippen LogP contribution in [0.4, 0.5) is 4.39 Å². The number of halogens is 1. The van der Waals surface area contributed by atoms with Crippen molar-refractivity contribution < 1.29 is 22.3 Å². The summed E-state index contributed by atoms with van der Waals surface area (Å²) in [6.45, 7) is 2.11. The number of nitrogens with zero attached hydrogens (tertiary/aromatic N) is 3. The Morgan fingerprint density at radius 1 is 1.19 bits per heavy atom. The molecule has 1 aromatic carbocycles. The highest BCUT2D eigenvalue weighted by molar-refractivity contribution is 7.89. The molecule has 0 bridgehead atoms. The maximum absolute atomic E-state index is 13.5. The van der Waals surface area contributed by atoms with Crippen molar-refractivity contribution in [2.45, 2.75) is 6.42 Å². The van der Waals surface area contributed by atoms with E-state index < -0.39 is 15.8 Å². The molecule has 0 aliphatic carbocycles. The molecule has 1 amide bonds. The first-order valence-electron chi connectivity index (χ1n) is 8.57. The number of likely N-dealkylation sites (N-methyl/N-ethyl adjacent to an activating group) is 1. The summed E-state index contributed by atoms with van der Waals surface area (Å²) >= 11 is 0. The molecule has 26 heavy (non-hydrogen) atoms. The van der Waals surface area contributed by atoms with Gasteiger partial charge in [0.25, 0.3) is 0 Å². The van der Waals surface area contributed by atoms with E-state index in [9.17, 15) is 17.6 Å². The normalized spacial score (nSPS) is 16.9. The van der Waals surface area contributed by atoms with Gasteiger partial charge >= 0.3 is 0 Å². The monoisotopic (exact) mass is 387 g/mol. The summed E-state index contributed by atoms with van der Waals surface area (Å²) in [5.74, 6) is -0.676. The highest BCUT2D eigenvalue weighted by Gasteiger charge is 2.26. The fourth-order valence-corrected chi connectivity index (χ4v) is 3.98. The van der Waals surface area contributed by atoms with Gasteiger partial charge in [-0.15, -0.1) is 0 Å². The van der Waals surface area contributed by atoms with Gasteiger partial charge in [-0.25, -0.2) is 17.1 Å². The van der Waals surface area contributed by atoms with E-state index in [1.165, 1.54) is 21.3 Å². The van der Waals surface area contributed by atoms with Gasteiger partial charge in [0, 0.05) is 33.7 Å². The number of ether oxygens (including phenoxy) is 1. The van der Waals surface area contributed by atoms with Gasteiger partial charge in [-0.3, -0.25) is 9.69 Å². The van der Waals surface area contributed by atoms with Crippen molar-refractivity contribution in [2.75, 3.05) is 59.2 Å². The standard InChI is InChI=1S/C17H26FN3O4S/c1-19(2)17(22)14-20-8-5-9-21(11-10-20)26(23,24)13-12-25-16-7-4-3-6-15(16)18/h3-4,6-7H,5,8-14H2,1-2H3. The molecule has 0 atom stereocenters. The Labute approximate surface area is 154 Å². The molecule has 146 valence electrons. The first-order valence-corrected chi connectivity index (χ1v) is 10.2. The number of para-hydroxylation sites is 1. The van der Waals surface area contributed by atoms with Crippen molar-refractivity contribution in [1.29, 1.82) is 0 Å². The average molecular weight is 387 g/mol. The SMILES string of the molecule is CN(C)C(=O)CN1CCCN(S(=O)(=O)CCOc2ccccc2F)CC1. The van der Waals surface area contributed by atoms with E-state index in [0.717, 1.165) is 0 Å². The topological polar surface area (TPSA) is 70.2 Å². The molecule has 9 heteroatoms. The van der Waals surface area contributed by atoms with Crippen LogP contribution >= 0.6 is 0 Å². The number of carbonyl (C=O) groups excluding carboxylic acids is 1. The van der Waals surface area contributed by atoms with Crippen LogP contribution in [0.2, 0.25) is 0 Å². The predicted octanol–water partition coefficient (Wildman–Crippen LogP) is 0.630. The van der Waals surface area contributed by atoms with Crippen LogP contribution in [0, 0.1) is 5.82 Å². The molecule has 1 aliphatic heterocycles. The first-order chi connectivity index (χ1) is 12.3. The molecule has 0 radical (unpaired) electrons. The molecule has 0 N–H and O–H groups in total. The van der Waals surface area contributed by atoms with Crippen molar-refractivity contribution in [3.05, 3.63) is 30.1 Å². The smallest absolute Gasteiger partial charge is 0.236 e. The lowest BCUT2D eigenvalue weighted by atomic mass is 10.3. The summed E-state index contributed by atoms with van der Waals surface area (Å²) in [5.41, 5.74) is 0. The van der Waals surface area contributed by atoms with E-state index in [4.69, 9.17) is 4.74 Å². The van der Waals surface area contributed by atoms with Gasteiger partial charge in [0.1, 0.15) is 6.61 Å². The van der Waals surface area contributed by atoms with E-state index in [1.807, 2.05) is 4.90 Å². The van der Waals surface area contributed by atoms with E-state index in [2.05, 4.69) is 0 Å². The molecule has 1 heterocycles. The number of hydrogen-bond donors (Lipinski definition) is 0. The molecule has 0 aromatic heterocycles. The van der Waals surface area contributed by atoms with Crippen molar-refractivity contribution in [2.24, 2.45) is 0 Å². The summed E-state index contributed by atoms with van der Waals surface area (Å²) in [6.07, 6.45) is 0.661. The van der Waals surface area contributed by atoms with E-state index in [0.29, 0.717) is 32.6 Å². The second kappa shape index (κ2) is 9.29. The number of sulfonamides is 1. The molecule has 1 saturated heterocycles. The zero-order valence-electron chi connectivity index (χ0n) is 15.2. The summed E-state index contributed by atoms with van der Waals surface area (Å²) in [5, 5.41) is 0. The Bertz CT molecular complexity index is 712. The molecule has 2 rings (SSSR count). The number of amides is 1. The molecular formula is C17H26FN3O4S. The lowest BCUT2D eigenvalue weighted by Gasteiger charge is -2.22. The quantitative estimate of drug-likeness (QED) is 0.686. The molecular weight excluding hydrogens is 361 g/mol. The van der Waals surface area contributed by atoms with Gasteiger partial charge in [0.2, 0.25) is 15.9 Å². The van der Waals surface area contributed by atoms with Crippen molar-refractivity contribution in [1.82, 2.24) is 14.1 Å². The Hall–Kier alpha value is -1.71. The molecule has 0 spiro atoms. The second-order valence-electron chi connectivity index (χ2n) is 6.41. The van der Waals surface area contributed by atoms with Gasteiger partial charge in [-0.1, -0.05) is 12.1 Å². The maximum Gasteiger partial charge on any atom is 0.236 e. The molecule has 7 nitrogen and oxygen atoms in total. The zero-order chi connectivity index (χ0) is 19.2. The fourth-order valence-electron chi connectivity index (χ4n) is 2.66. The third-order valence-corrected chi connectivity index (χ3v) is 6.07. The van der Waals surface area contributed by atoms with E-state index in [-0.39, 0.29) is 30.6 Å². The maximum atomic E-state index is 13.5. The summed E-state index contributed by atoms with van der Waals surface area (Å²) in [6, 6.07) is 5.91. The molecule has 1 aromatic rings. The largest absolute Gasteiger partial charge is 0.489 e. The van der Waals surface area contributed by atoms with Crippen LogP contribution < -0.4 is 4.74 Å². The van der Waals surface area contributed by atoms with Crippen LogP contribution in [-0.2, 0) is 14.8 Å². The third-order valence-electron chi connectivity index (χ3n) is 4.23. The highest BCUT2D eigenvalue weighted by Crippen LogP contribution is 2.16.